The van der Waals surface area contributed by atoms with Crippen molar-refractivity contribution in [3.63, 3.8) is 0 Å². The summed E-state index contributed by atoms with van der Waals surface area (Å²) in [5.74, 6) is -3.28. The number of amides is 2. The van der Waals surface area contributed by atoms with Crippen LogP contribution in [0.4, 0.5) is 24.5 Å². The number of rotatable bonds is 4. The van der Waals surface area contributed by atoms with Gasteiger partial charge in [0.1, 0.15) is 5.83 Å². The van der Waals surface area contributed by atoms with Crippen LogP contribution >= 0.6 is 0 Å². The number of hydrogen-bond acceptors (Lipinski definition) is 4. The van der Waals surface area contributed by atoms with Gasteiger partial charge >= 0.3 is 0 Å². The van der Waals surface area contributed by atoms with Crippen molar-refractivity contribution in [1.82, 2.24) is 20.5 Å². The number of aromatic amines is 1. The van der Waals surface area contributed by atoms with Crippen LogP contribution in [0, 0.1) is 11.6 Å². The van der Waals surface area contributed by atoms with Crippen LogP contribution in [0.1, 0.15) is 34.6 Å². The molecule has 1 aromatic carbocycles. The quantitative estimate of drug-likeness (QED) is 0.500. The first-order valence-corrected chi connectivity index (χ1v) is 11.3. The van der Waals surface area contributed by atoms with E-state index in [0.717, 1.165) is 6.07 Å². The molecule has 4 N–H and O–H groups in total. The molecule has 7 nitrogen and oxygen atoms in total. The smallest absolute Gasteiger partial charge is 0.255 e. The fourth-order valence-electron chi connectivity index (χ4n) is 5.03. The molecule has 5 rings (SSSR count). The van der Waals surface area contributed by atoms with E-state index in [0.29, 0.717) is 44.7 Å². The van der Waals surface area contributed by atoms with E-state index < -0.39 is 28.8 Å². The van der Waals surface area contributed by atoms with Crippen LogP contribution in [0.25, 0.3) is 5.57 Å². The Morgan fingerprint density at radius 1 is 1.20 bits per heavy atom. The van der Waals surface area contributed by atoms with E-state index in [1.165, 1.54) is 24.4 Å². The van der Waals surface area contributed by atoms with Crippen molar-refractivity contribution in [2.75, 3.05) is 31.5 Å². The number of likely N-dealkylation sites (tertiary alicyclic amines) is 1. The molecule has 2 aromatic rings. The highest BCUT2D eigenvalue weighted by Crippen LogP contribution is 2.46. The Balaban J connectivity index is 1.64. The zero-order valence-electron chi connectivity index (χ0n) is 18.8. The predicted molar refractivity (Wildman–Crippen MR) is 126 cm³/mol. The number of piperidine rings is 1. The number of fused-ring (bicyclic) bond motifs is 2. The fourth-order valence-corrected chi connectivity index (χ4v) is 5.03. The Labute approximate surface area is 199 Å². The first-order valence-electron chi connectivity index (χ1n) is 11.3. The number of hydrogen-bond donors (Lipinski definition) is 4. The second kappa shape index (κ2) is 8.68. The van der Waals surface area contributed by atoms with E-state index >= 15 is 0 Å². The molecule has 3 aliphatic heterocycles. The number of halogens is 3. The van der Waals surface area contributed by atoms with E-state index in [-0.39, 0.29) is 34.1 Å². The Bertz CT molecular complexity index is 1290. The molecular weight excluding hydrogens is 459 g/mol. The standard InChI is InChI=1S/C25H24F3N5O2/c1-2-18(34)33-10-7-25(8-11-33)13-30-24(35)19-22(31-17-5-3-4-15(26)20(17)28)21(32-23(19)25)14-6-9-29-12-16(14)27/h2-6,12,29,31-32H,1,7-11,13H2,(H,30,35). The van der Waals surface area contributed by atoms with Gasteiger partial charge in [-0.25, -0.2) is 13.2 Å². The number of nitrogens with zero attached hydrogens (tertiary/aromatic N) is 1. The number of allylic oxidation sites excluding steroid dienone is 2. The van der Waals surface area contributed by atoms with Gasteiger partial charge in [0.15, 0.2) is 11.6 Å². The summed E-state index contributed by atoms with van der Waals surface area (Å²) in [6.45, 7) is 5.14. The van der Waals surface area contributed by atoms with Crippen LogP contribution in [0.3, 0.4) is 0 Å². The third kappa shape index (κ3) is 3.78. The van der Waals surface area contributed by atoms with Crippen LogP contribution in [0.15, 0.2) is 49.0 Å². The zero-order valence-corrected chi connectivity index (χ0v) is 18.8. The summed E-state index contributed by atoms with van der Waals surface area (Å²) in [5.41, 5.74) is 0.756. The number of carbonyl (C=O) groups is 2. The van der Waals surface area contributed by atoms with E-state index in [1.54, 1.807) is 11.0 Å². The van der Waals surface area contributed by atoms with Crippen molar-refractivity contribution in [3.8, 4) is 0 Å². The molecule has 2 amide bonds. The first kappa shape index (κ1) is 22.8. The van der Waals surface area contributed by atoms with Crippen molar-refractivity contribution < 1.29 is 22.8 Å². The Morgan fingerprint density at radius 3 is 2.69 bits per heavy atom. The lowest BCUT2D eigenvalue weighted by Gasteiger charge is -2.43. The molecule has 0 radical (unpaired) electrons. The Hall–Kier alpha value is -3.95. The van der Waals surface area contributed by atoms with Gasteiger partial charge in [-0.05, 0) is 31.1 Å². The van der Waals surface area contributed by atoms with E-state index in [1.807, 2.05) is 0 Å². The van der Waals surface area contributed by atoms with Crippen molar-refractivity contribution in [1.29, 1.82) is 0 Å². The molecule has 4 heterocycles. The van der Waals surface area contributed by atoms with Gasteiger partial charge in [-0.1, -0.05) is 18.7 Å². The molecular formula is C25H24F3N5O2. The van der Waals surface area contributed by atoms with Gasteiger partial charge in [-0.2, -0.15) is 0 Å². The lowest BCUT2D eigenvalue weighted by molar-refractivity contribution is -0.127. The highest BCUT2D eigenvalue weighted by Gasteiger charge is 2.46. The van der Waals surface area contributed by atoms with Crippen LogP contribution in [-0.4, -0.2) is 47.9 Å². The molecule has 182 valence electrons. The molecule has 35 heavy (non-hydrogen) atoms. The number of benzene rings is 1. The van der Waals surface area contributed by atoms with Gasteiger partial charge in [0.2, 0.25) is 5.91 Å². The van der Waals surface area contributed by atoms with Gasteiger partial charge in [0.05, 0.1) is 22.6 Å². The van der Waals surface area contributed by atoms with Gasteiger partial charge < -0.3 is 25.8 Å². The fraction of sp³-hybridized carbons (Fsp3) is 0.280. The minimum Gasteiger partial charge on any atom is -0.385 e. The van der Waals surface area contributed by atoms with Crippen LogP contribution in [0.5, 0.6) is 0 Å². The van der Waals surface area contributed by atoms with Gasteiger partial charge in [-0.3, -0.25) is 9.59 Å². The van der Waals surface area contributed by atoms with Crippen molar-refractivity contribution in [2.45, 2.75) is 18.3 Å². The van der Waals surface area contributed by atoms with Gasteiger partial charge in [0, 0.05) is 49.1 Å². The highest BCUT2D eigenvalue weighted by atomic mass is 19.2. The third-order valence-electron chi connectivity index (χ3n) is 6.94. The molecule has 0 atom stereocenters. The van der Waals surface area contributed by atoms with Gasteiger partial charge in [-0.15, -0.1) is 0 Å². The highest BCUT2D eigenvalue weighted by molar-refractivity contribution is 6.06. The average molecular weight is 483 g/mol. The molecule has 0 saturated carbocycles. The minimum absolute atomic E-state index is 0.164. The Kier molecular flexibility index (Phi) is 5.66. The monoisotopic (exact) mass is 483 g/mol. The molecule has 1 fully saturated rings. The molecule has 0 bridgehead atoms. The van der Waals surface area contributed by atoms with Crippen LogP contribution in [0.2, 0.25) is 0 Å². The number of dihydropyridines is 1. The predicted octanol–water partition coefficient (Wildman–Crippen LogP) is 3.62. The number of anilines is 2. The molecule has 0 unspecified atom stereocenters. The number of aromatic nitrogens is 1. The summed E-state index contributed by atoms with van der Waals surface area (Å²) in [4.78, 5) is 30.2. The maximum atomic E-state index is 14.9. The van der Waals surface area contributed by atoms with Crippen LogP contribution < -0.4 is 16.0 Å². The number of carbonyl (C=O) groups excluding carboxylic acids is 2. The second-order valence-corrected chi connectivity index (χ2v) is 8.86. The maximum absolute atomic E-state index is 14.9. The number of H-pyrrole nitrogens is 1. The summed E-state index contributed by atoms with van der Waals surface area (Å²) < 4.78 is 43.4. The third-order valence-corrected chi connectivity index (χ3v) is 6.94. The summed E-state index contributed by atoms with van der Waals surface area (Å²) in [6.07, 6.45) is 5.21. The zero-order chi connectivity index (χ0) is 24.7. The topological polar surface area (TPSA) is 89.3 Å². The molecule has 1 aromatic heterocycles. The molecule has 3 aliphatic rings. The first-order chi connectivity index (χ1) is 16.8. The van der Waals surface area contributed by atoms with Gasteiger partial charge in [0.25, 0.3) is 5.91 Å². The van der Waals surface area contributed by atoms with E-state index in [4.69, 9.17) is 0 Å². The lowest BCUT2D eigenvalue weighted by atomic mass is 9.72. The molecule has 0 aliphatic carbocycles. The SMILES string of the molecule is C=CC(=O)N1CCC2(CC1)CNC(=O)c1c2[nH]c(C2=CCNC=C2F)c1Nc1cccc(F)c1F. The van der Waals surface area contributed by atoms with E-state index in [9.17, 15) is 22.8 Å². The summed E-state index contributed by atoms with van der Waals surface area (Å²) in [5, 5.41) is 8.55. The van der Waals surface area contributed by atoms with Crippen molar-refractivity contribution in [2.24, 2.45) is 0 Å². The van der Waals surface area contributed by atoms with Crippen molar-refractivity contribution in [3.05, 3.63) is 77.5 Å². The molecule has 10 heteroatoms. The molecule has 1 saturated heterocycles. The summed E-state index contributed by atoms with van der Waals surface area (Å²) in [7, 11) is 0. The normalized spacial score (nSPS) is 18.7. The van der Waals surface area contributed by atoms with Crippen molar-refractivity contribution >= 4 is 28.8 Å². The number of nitrogens with one attached hydrogen (secondary N) is 4. The summed E-state index contributed by atoms with van der Waals surface area (Å²) >= 11 is 0. The average Bonchev–Trinajstić information content (AvgIpc) is 3.25. The largest absolute Gasteiger partial charge is 0.385 e. The lowest BCUT2D eigenvalue weighted by Crippen LogP contribution is -2.53. The second-order valence-electron chi connectivity index (χ2n) is 8.86. The Morgan fingerprint density at radius 2 is 1.97 bits per heavy atom. The van der Waals surface area contributed by atoms with E-state index in [2.05, 4.69) is 27.5 Å². The minimum atomic E-state index is -1.11. The summed E-state index contributed by atoms with van der Waals surface area (Å²) in [6, 6.07) is 3.68. The molecule has 1 spiro atoms. The van der Waals surface area contributed by atoms with Crippen LogP contribution in [-0.2, 0) is 10.2 Å². The maximum Gasteiger partial charge on any atom is 0.255 e.